The van der Waals surface area contributed by atoms with Crippen molar-refractivity contribution in [3.8, 4) is 5.75 Å². The molecule has 0 spiro atoms. The highest BCUT2D eigenvalue weighted by Gasteiger charge is 2.24. The van der Waals surface area contributed by atoms with Crippen LogP contribution in [0.5, 0.6) is 5.75 Å². The fourth-order valence-electron chi connectivity index (χ4n) is 2.83. The summed E-state index contributed by atoms with van der Waals surface area (Å²) in [5.41, 5.74) is 0.504. The van der Waals surface area contributed by atoms with Gasteiger partial charge in [0.2, 0.25) is 0 Å². The van der Waals surface area contributed by atoms with Crippen LogP contribution in [0.25, 0.3) is 10.9 Å². The van der Waals surface area contributed by atoms with Crippen LogP contribution in [0, 0.1) is 5.92 Å². The van der Waals surface area contributed by atoms with Crippen molar-refractivity contribution in [2.45, 2.75) is 19.1 Å². The van der Waals surface area contributed by atoms with Crippen molar-refractivity contribution in [3.63, 3.8) is 0 Å². The van der Waals surface area contributed by atoms with E-state index in [0.29, 0.717) is 29.7 Å². The number of fused-ring (bicyclic) bond motifs is 1. The van der Waals surface area contributed by atoms with Crippen LogP contribution in [-0.2, 0) is 6.54 Å². The second-order valence-electron chi connectivity index (χ2n) is 5.38. The molecule has 0 amide bonds. The van der Waals surface area contributed by atoms with Crippen LogP contribution < -0.4 is 15.6 Å². The lowest BCUT2D eigenvalue weighted by Gasteiger charge is -2.28. The number of β-amino-alcohol motifs (C(OH)–C–C–N with tert-alkyl or cyclic N) is 1. The summed E-state index contributed by atoms with van der Waals surface area (Å²) in [6.45, 7) is 1.91. The molecule has 0 bridgehead atoms. The first-order valence-corrected chi connectivity index (χ1v) is 7.11. The van der Waals surface area contributed by atoms with Gasteiger partial charge < -0.3 is 15.2 Å². The number of aromatic nitrogens is 2. The average molecular weight is 289 g/mol. The molecule has 1 saturated heterocycles. The first-order valence-electron chi connectivity index (χ1n) is 7.11. The summed E-state index contributed by atoms with van der Waals surface area (Å²) in [7, 11) is 1.54. The van der Waals surface area contributed by atoms with Crippen molar-refractivity contribution in [1.29, 1.82) is 0 Å². The highest BCUT2D eigenvalue weighted by Crippen LogP contribution is 2.20. The second kappa shape index (κ2) is 5.83. The van der Waals surface area contributed by atoms with E-state index < -0.39 is 6.10 Å². The van der Waals surface area contributed by atoms with Gasteiger partial charge in [0.05, 0.1) is 25.1 Å². The van der Waals surface area contributed by atoms with E-state index in [0.717, 1.165) is 13.0 Å². The molecule has 2 atom stereocenters. The van der Waals surface area contributed by atoms with Crippen LogP contribution in [0.4, 0.5) is 0 Å². The number of methoxy groups -OCH3 is 1. The van der Waals surface area contributed by atoms with Crippen LogP contribution in [-0.4, -0.2) is 41.0 Å². The summed E-state index contributed by atoms with van der Waals surface area (Å²) in [6.07, 6.45) is 1.97. The molecule has 2 heterocycles. The summed E-state index contributed by atoms with van der Waals surface area (Å²) in [6, 6.07) is 5.37. The lowest BCUT2D eigenvalue weighted by atomic mass is 9.95. The van der Waals surface area contributed by atoms with Crippen molar-refractivity contribution < 1.29 is 9.84 Å². The Morgan fingerprint density at radius 2 is 2.38 bits per heavy atom. The fourth-order valence-corrected chi connectivity index (χ4v) is 2.83. The Bertz CT molecular complexity index is 698. The standard InChI is InChI=1S/C15H19N3O3/c1-21-13-4-2-3-11-14(13)15(20)18(9-17-11)8-10-5-6-16-7-12(10)19/h2-4,9-10,12,16,19H,5-8H2,1H3/t10-,12+/m0/s1. The zero-order chi connectivity index (χ0) is 14.8. The third-order valence-corrected chi connectivity index (χ3v) is 4.06. The normalized spacial score (nSPS) is 22.4. The number of aliphatic hydroxyl groups excluding tert-OH is 1. The van der Waals surface area contributed by atoms with Gasteiger partial charge in [0.15, 0.2) is 0 Å². The predicted octanol–water partition coefficient (Wildman–Crippen LogP) is 0.375. The Morgan fingerprint density at radius 1 is 1.52 bits per heavy atom. The topological polar surface area (TPSA) is 76.4 Å². The number of piperidine rings is 1. The Morgan fingerprint density at radius 3 is 3.14 bits per heavy atom. The predicted molar refractivity (Wildman–Crippen MR) is 79.5 cm³/mol. The van der Waals surface area contributed by atoms with E-state index in [-0.39, 0.29) is 11.5 Å². The highest BCUT2D eigenvalue weighted by molar-refractivity contribution is 5.83. The molecule has 0 unspecified atom stereocenters. The highest BCUT2D eigenvalue weighted by atomic mass is 16.5. The Labute approximate surface area is 122 Å². The SMILES string of the molecule is COc1cccc2ncn(C[C@@H]3CCNC[C@H]3O)c(=O)c12. The van der Waals surface area contributed by atoms with E-state index in [1.165, 1.54) is 0 Å². The number of hydrogen-bond donors (Lipinski definition) is 2. The van der Waals surface area contributed by atoms with E-state index in [4.69, 9.17) is 4.74 Å². The summed E-state index contributed by atoms with van der Waals surface area (Å²) < 4.78 is 6.84. The maximum absolute atomic E-state index is 12.6. The van der Waals surface area contributed by atoms with E-state index in [1.807, 2.05) is 6.07 Å². The van der Waals surface area contributed by atoms with Gasteiger partial charge in [-0.15, -0.1) is 0 Å². The molecule has 1 aromatic carbocycles. The number of nitrogens with zero attached hydrogens (tertiary/aromatic N) is 2. The fraction of sp³-hybridized carbons (Fsp3) is 0.467. The van der Waals surface area contributed by atoms with Crippen LogP contribution in [0.1, 0.15) is 6.42 Å². The van der Waals surface area contributed by atoms with Crippen LogP contribution >= 0.6 is 0 Å². The molecule has 1 aliphatic rings. The summed E-state index contributed by atoms with van der Waals surface area (Å²) >= 11 is 0. The maximum atomic E-state index is 12.6. The molecule has 21 heavy (non-hydrogen) atoms. The molecule has 1 aromatic heterocycles. The van der Waals surface area contributed by atoms with Crippen molar-refractivity contribution in [2.75, 3.05) is 20.2 Å². The third-order valence-electron chi connectivity index (χ3n) is 4.06. The molecule has 0 radical (unpaired) electrons. The van der Waals surface area contributed by atoms with Crippen LogP contribution in [0.2, 0.25) is 0 Å². The van der Waals surface area contributed by atoms with E-state index >= 15 is 0 Å². The third kappa shape index (κ3) is 2.64. The first kappa shape index (κ1) is 14.0. The molecular weight excluding hydrogens is 270 g/mol. The molecule has 6 nitrogen and oxygen atoms in total. The Kier molecular flexibility index (Phi) is 3.90. The van der Waals surface area contributed by atoms with Gasteiger partial charge in [-0.1, -0.05) is 6.07 Å². The molecule has 2 aromatic rings. The van der Waals surface area contributed by atoms with Gasteiger partial charge in [-0.25, -0.2) is 4.98 Å². The Hall–Kier alpha value is -1.92. The number of hydrogen-bond acceptors (Lipinski definition) is 5. The minimum atomic E-state index is -0.431. The minimum Gasteiger partial charge on any atom is -0.496 e. The van der Waals surface area contributed by atoms with Crippen LogP contribution in [0.15, 0.2) is 29.3 Å². The lowest BCUT2D eigenvalue weighted by Crippen LogP contribution is -2.43. The molecular formula is C15H19N3O3. The van der Waals surface area contributed by atoms with E-state index in [1.54, 1.807) is 30.1 Å². The average Bonchev–Trinajstić information content (AvgIpc) is 2.51. The van der Waals surface area contributed by atoms with Crippen molar-refractivity contribution >= 4 is 10.9 Å². The van der Waals surface area contributed by atoms with E-state index in [2.05, 4.69) is 10.3 Å². The lowest BCUT2D eigenvalue weighted by molar-refractivity contribution is 0.0717. The molecule has 3 rings (SSSR count). The molecule has 0 saturated carbocycles. The smallest absolute Gasteiger partial charge is 0.264 e. The molecule has 2 N–H and O–H groups in total. The molecule has 0 aliphatic carbocycles. The zero-order valence-corrected chi connectivity index (χ0v) is 12.0. The maximum Gasteiger partial charge on any atom is 0.264 e. The van der Waals surface area contributed by atoms with Crippen molar-refractivity contribution in [2.24, 2.45) is 5.92 Å². The van der Waals surface area contributed by atoms with Gasteiger partial charge in [0.25, 0.3) is 5.56 Å². The number of benzene rings is 1. The number of aliphatic hydroxyl groups is 1. The largest absolute Gasteiger partial charge is 0.496 e. The molecule has 1 aliphatic heterocycles. The van der Waals surface area contributed by atoms with Crippen molar-refractivity contribution in [1.82, 2.24) is 14.9 Å². The van der Waals surface area contributed by atoms with Gasteiger partial charge in [0, 0.05) is 19.0 Å². The summed E-state index contributed by atoms with van der Waals surface area (Å²) in [5, 5.41) is 13.6. The second-order valence-corrected chi connectivity index (χ2v) is 5.38. The molecule has 1 fully saturated rings. The first-order chi connectivity index (χ1) is 10.2. The van der Waals surface area contributed by atoms with E-state index in [9.17, 15) is 9.90 Å². The molecule has 112 valence electrons. The minimum absolute atomic E-state index is 0.0675. The number of nitrogens with one attached hydrogen (secondary N) is 1. The zero-order valence-electron chi connectivity index (χ0n) is 12.0. The van der Waals surface area contributed by atoms with Gasteiger partial charge >= 0.3 is 0 Å². The number of rotatable bonds is 3. The molecule has 6 heteroatoms. The number of ether oxygens (including phenoxy) is 1. The van der Waals surface area contributed by atoms with Gasteiger partial charge in [0.1, 0.15) is 11.1 Å². The Balaban J connectivity index is 2.00. The summed E-state index contributed by atoms with van der Waals surface area (Å²) in [4.78, 5) is 17.0. The summed E-state index contributed by atoms with van der Waals surface area (Å²) in [5.74, 6) is 0.600. The van der Waals surface area contributed by atoms with Gasteiger partial charge in [-0.2, -0.15) is 0 Å². The van der Waals surface area contributed by atoms with Gasteiger partial charge in [-0.05, 0) is 25.1 Å². The van der Waals surface area contributed by atoms with Crippen molar-refractivity contribution in [3.05, 3.63) is 34.9 Å². The van der Waals surface area contributed by atoms with Crippen LogP contribution in [0.3, 0.4) is 0 Å². The quantitative estimate of drug-likeness (QED) is 0.854. The van der Waals surface area contributed by atoms with Gasteiger partial charge in [-0.3, -0.25) is 9.36 Å². The monoisotopic (exact) mass is 289 g/mol.